The molecule has 0 aromatic carbocycles. The van der Waals surface area contributed by atoms with E-state index in [4.69, 9.17) is 0 Å². The van der Waals surface area contributed by atoms with E-state index in [9.17, 15) is 14.4 Å². The summed E-state index contributed by atoms with van der Waals surface area (Å²) in [6.07, 6.45) is 1.46. The first-order valence-electron chi connectivity index (χ1n) is 6.82. The third-order valence-corrected chi connectivity index (χ3v) is 3.00. The Morgan fingerprint density at radius 1 is 1.38 bits per heavy atom. The van der Waals surface area contributed by atoms with E-state index in [1.165, 1.54) is 6.07 Å². The maximum Gasteiger partial charge on any atom is 0.272 e. The number of aromatic nitrogens is 2. The Morgan fingerprint density at radius 2 is 2.19 bits per heavy atom. The van der Waals surface area contributed by atoms with E-state index < -0.39 is 17.9 Å². The topological polar surface area (TPSA) is 113 Å². The minimum Gasteiger partial charge on any atom is -0.369 e. The molecule has 1 unspecified atom stereocenters. The molecule has 1 aromatic heterocycles. The van der Waals surface area contributed by atoms with Crippen LogP contribution in [0.25, 0.3) is 0 Å². The van der Waals surface area contributed by atoms with Crippen LogP contribution in [0.1, 0.15) is 36.7 Å². The molecule has 8 heteroatoms. The number of nitrogens with zero attached hydrogens (tertiary/aromatic N) is 2. The molecule has 1 aliphatic heterocycles. The highest BCUT2D eigenvalue weighted by Crippen LogP contribution is 2.06. The number of piperidine rings is 1. The molecule has 0 saturated carbocycles. The van der Waals surface area contributed by atoms with E-state index in [2.05, 4.69) is 26.1 Å². The molecule has 0 aliphatic carbocycles. The average molecular weight is 291 g/mol. The second kappa shape index (κ2) is 6.78. The minimum absolute atomic E-state index is 0.127. The van der Waals surface area contributed by atoms with Gasteiger partial charge in [0.05, 0.1) is 0 Å². The monoisotopic (exact) mass is 291 g/mol. The highest BCUT2D eigenvalue weighted by Gasteiger charge is 2.28. The fourth-order valence-electron chi connectivity index (χ4n) is 1.86. The normalized spacial score (nSPS) is 18.0. The van der Waals surface area contributed by atoms with Gasteiger partial charge in [0.15, 0.2) is 5.69 Å². The van der Waals surface area contributed by atoms with Crippen LogP contribution < -0.4 is 16.0 Å². The first-order valence-corrected chi connectivity index (χ1v) is 6.82. The molecule has 2 rings (SSSR count). The number of imide groups is 1. The van der Waals surface area contributed by atoms with Crippen LogP contribution in [0.2, 0.25) is 0 Å². The molecule has 8 nitrogen and oxygen atoms in total. The van der Waals surface area contributed by atoms with Crippen LogP contribution in [0.4, 0.5) is 5.82 Å². The second-order valence-electron chi connectivity index (χ2n) is 4.71. The van der Waals surface area contributed by atoms with Crippen LogP contribution in [0.5, 0.6) is 0 Å². The van der Waals surface area contributed by atoms with Gasteiger partial charge in [-0.25, -0.2) is 0 Å². The molecule has 1 saturated heterocycles. The van der Waals surface area contributed by atoms with Gasteiger partial charge in [-0.15, -0.1) is 10.2 Å². The molecule has 0 bridgehead atoms. The van der Waals surface area contributed by atoms with Crippen molar-refractivity contribution in [2.75, 3.05) is 11.9 Å². The SMILES string of the molecule is CCCNc1ccc(C(=O)NC2CCC(=O)NC2=O)nn1. The van der Waals surface area contributed by atoms with Crippen molar-refractivity contribution in [3.8, 4) is 0 Å². The smallest absolute Gasteiger partial charge is 0.272 e. The zero-order valence-electron chi connectivity index (χ0n) is 11.7. The summed E-state index contributed by atoms with van der Waals surface area (Å²) in [6, 6.07) is 2.48. The Balaban J connectivity index is 1.94. The highest BCUT2D eigenvalue weighted by atomic mass is 16.2. The summed E-state index contributed by atoms with van der Waals surface area (Å²) >= 11 is 0. The number of nitrogens with one attached hydrogen (secondary N) is 3. The molecule has 0 radical (unpaired) electrons. The van der Waals surface area contributed by atoms with Gasteiger partial charge < -0.3 is 10.6 Å². The van der Waals surface area contributed by atoms with E-state index in [0.29, 0.717) is 12.2 Å². The van der Waals surface area contributed by atoms with E-state index >= 15 is 0 Å². The standard InChI is InChI=1S/C13H17N5O3/c1-2-7-14-10-5-3-9(17-18-10)13(21)15-8-4-6-11(19)16-12(8)20/h3,5,8H,2,4,6-7H2,1H3,(H,14,18)(H,15,21)(H,16,19,20). The van der Waals surface area contributed by atoms with Gasteiger partial charge in [0.25, 0.3) is 5.91 Å². The quantitative estimate of drug-likeness (QED) is 0.649. The van der Waals surface area contributed by atoms with Crippen molar-refractivity contribution in [2.45, 2.75) is 32.2 Å². The summed E-state index contributed by atoms with van der Waals surface area (Å²) in [5, 5.41) is 15.5. The van der Waals surface area contributed by atoms with Gasteiger partial charge in [-0.3, -0.25) is 19.7 Å². The maximum absolute atomic E-state index is 12.0. The van der Waals surface area contributed by atoms with Crippen molar-refractivity contribution in [2.24, 2.45) is 0 Å². The number of carbonyl (C=O) groups excluding carboxylic acids is 3. The lowest BCUT2D eigenvalue weighted by Gasteiger charge is -2.21. The summed E-state index contributed by atoms with van der Waals surface area (Å²) in [6.45, 7) is 2.80. The second-order valence-corrected chi connectivity index (χ2v) is 4.71. The van der Waals surface area contributed by atoms with Gasteiger partial charge in [0.2, 0.25) is 11.8 Å². The summed E-state index contributed by atoms with van der Waals surface area (Å²) in [7, 11) is 0. The van der Waals surface area contributed by atoms with Crippen LogP contribution in [-0.2, 0) is 9.59 Å². The highest BCUT2D eigenvalue weighted by molar-refractivity contribution is 6.03. The van der Waals surface area contributed by atoms with E-state index in [1.54, 1.807) is 6.07 Å². The van der Waals surface area contributed by atoms with Crippen LogP contribution in [0, 0.1) is 0 Å². The van der Waals surface area contributed by atoms with Gasteiger partial charge in [-0.2, -0.15) is 0 Å². The molecule has 2 heterocycles. The molecule has 1 fully saturated rings. The van der Waals surface area contributed by atoms with Crippen molar-refractivity contribution in [3.05, 3.63) is 17.8 Å². The molecule has 3 N–H and O–H groups in total. The first kappa shape index (κ1) is 14.9. The van der Waals surface area contributed by atoms with Gasteiger partial charge in [0, 0.05) is 13.0 Å². The number of hydrogen-bond acceptors (Lipinski definition) is 6. The largest absolute Gasteiger partial charge is 0.369 e. The van der Waals surface area contributed by atoms with Crippen molar-refractivity contribution in [1.29, 1.82) is 0 Å². The predicted molar refractivity (Wildman–Crippen MR) is 74.5 cm³/mol. The van der Waals surface area contributed by atoms with E-state index in [-0.39, 0.29) is 18.0 Å². The molecular formula is C13H17N5O3. The predicted octanol–water partition coefficient (Wildman–Crippen LogP) is -0.166. The Labute approximate surface area is 121 Å². The molecule has 1 atom stereocenters. The third kappa shape index (κ3) is 3.98. The zero-order chi connectivity index (χ0) is 15.2. The Kier molecular flexibility index (Phi) is 4.81. The summed E-state index contributed by atoms with van der Waals surface area (Å²) in [5.74, 6) is -0.709. The zero-order valence-corrected chi connectivity index (χ0v) is 11.7. The van der Waals surface area contributed by atoms with E-state index in [0.717, 1.165) is 13.0 Å². The third-order valence-electron chi connectivity index (χ3n) is 3.00. The molecule has 3 amide bonds. The number of anilines is 1. The van der Waals surface area contributed by atoms with Crippen LogP contribution >= 0.6 is 0 Å². The van der Waals surface area contributed by atoms with Gasteiger partial charge in [-0.05, 0) is 25.0 Å². The lowest BCUT2D eigenvalue weighted by molar-refractivity contribution is -0.134. The van der Waals surface area contributed by atoms with Gasteiger partial charge in [0.1, 0.15) is 11.9 Å². The number of carbonyl (C=O) groups is 3. The van der Waals surface area contributed by atoms with Crippen LogP contribution in [0.15, 0.2) is 12.1 Å². The maximum atomic E-state index is 12.0. The number of amides is 3. The van der Waals surface area contributed by atoms with Crippen molar-refractivity contribution in [1.82, 2.24) is 20.8 Å². The average Bonchev–Trinajstić information content (AvgIpc) is 2.48. The van der Waals surface area contributed by atoms with Gasteiger partial charge >= 0.3 is 0 Å². The number of hydrogen-bond donors (Lipinski definition) is 3. The summed E-state index contributed by atoms with van der Waals surface area (Å²) < 4.78 is 0. The lowest BCUT2D eigenvalue weighted by atomic mass is 10.1. The van der Waals surface area contributed by atoms with Crippen molar-refractivity contribution >= 4 is 23.5 Å². The molecule has 112 valence electrons. The first-order chi connectivity index (χ1) is 10.1. The Bertz CT molecular complexity index is 543. The van der Waals surface area contributed by atoms with Crippen LogP contribution in [-0.4, -0.2) is 40.5 Å². The fourth-order valence-corrected chi connectivity index (χ4v) is 1.86. The van der Waals surface area contributed by atoms with E-state index in [1.807, 2.05) is 6.92 Å². The van der Waals surface area contributed by atoms with Crippen molar-refractivity contribution in [3.63, 3.8) is 0 Å². The van der Waals surface area contributed by atoms with Crippen LogP contribution in [0.3, 0.4) is 0 Å². The Hall–Kier alpha value is -2.51. The fraction of sp³-hybridized carbons (Fsp3) is 0.462. The number of rotatable bonds is 5. The molecule has 1 aromatic rings. The van der Waals surface area contributed by atoms with Gasteiger partial charge in [-0.1, -0.05) is 6.92 Å². The minimum atomic E-state index is -0.713. The molecule has 0 spiro atoms. The lowest BCUT2D eigenvalue weighted by Crippen LogP contribution is -2.52. The molecule has 1 aliphatic rings. The Morgan fingerprint density at radius 3 is 2.81 bits per heavy atom. The summed E-state index contributed by atoms with van der Waals surface area (Å²) in [4.78, 5) is 34.5. The molecule has 21 heavy (non-hydrogen) atoms. The van der Waals surface area contributed by atoms with Crippen molar-refractivity contribution < 1.29 is 14.4 Å². The molecular weight excluding hydrogens is 274 g/mol. The summed E-state index contributed by atoms with van der Waals surface area (Å²) in [5.41, 5.74) is 0.127.